The number of fused-ring (bicyclic) bond motifs is 3. The fourth-order valence-electron chi connectivity index (χ4n) is 5.27. The van der Waals surface area contributed by atoms with Crippen molar-refractivity contribution in [3.8, 4) is 23.0 Å². The number of para-hydroxylation sites is 2. The molecule has 0 radical (unpaired) electrons. The van der Waals surface area contributed by atoms with E-state index in [0.717, 1.165) is 48.9 Å². The van der Waals surface area contributed by atoms with E-state index in [1.807, 2.05) is 30.3 Å². The first-order valence-corrected chi connectivity index (χ1v) is 14.7. The number of ether oxygens (including phenoxy) is 3. The molecular formula is C33H38ClN3O4. The lowest BCUT2D eigenvalue weighted by molar-refractivity contribution is -0.117. The number of carbonyl (C=O) groups is 1. The first-order chi connectivity index (χ1) is 19.9. The fraction of sp³-hybridized carbons (Fsp3) is 0.364. The van der Waals surface area contributed by atoms with E-state index in [4.69, 9.17) is 25.8 Å². The molecule has 216 valence electrons. The number of amides is 1. The van der Waals surface area contributed by atoms with Crippen LogP contribution in [0.2, 0.25) is 5.02 Å². The first-order valence-electron chi connectivity index (χ1n) is 14.3. The average Bonchev–Trinajstić information content (AvgIpc) is 3.31. The normalized spacial score (nSPS) is 15.5. The van der Waals surface area contributed by atoms with Gasteiger partial charge in [-0.25, -0.2) is 0 Å². The molecule has 0 saturated heterocycles. The van der Waals surface area contributed by atoms with Crippen LogP contribution in [0.3, 0.4) is 0 Å². The van der Waals surface area contributed by atoms with Crippen LogP contribution >= 0.6 is 11.6 Å². The van der Waals surface area contributed by atoms with Gasteiger partial charge in [0.05, 0.1) is 25.9 Å². The van der Waals surface area contributed by atoms with Crippen molar-refractivity contribution >= 4 is 34.1 Å². The Morgan fingerprint density at radius 1 is 0.976 bits per heavy atom. The number of carbonyl (C=O) groups excluding carboxylic acids is 1. The maximum Gasteiger partial charge on any atom is 0.238 e. The van der Waals surface area contributed by atoms with E-state index in [2.05, 4.69) is 47.0 Å². The third-order valence-electron chi connectivity index (χ3n) is 7.35. The summed E-state index contributed by atoms with van der Waals surface area (Å²) >= 11 is 6.33. The molecule has 7 nitrogen and oxygen atoms in total. The van der Waals surface area contributed by atoms with Gasteiger partial charge < -0.3 is 24.1 Å². The number of benzene rings is 3. The van der Waals surface area contributed by atoms with Gasteiger partial charge >= 0.3 is 0 Å². The second-order valence-corrected chi connectivity index (χ2v) is 11.2. The maximum atomic E-state index is 13.5. The zero-order valence-electron chi connectivity index (χ0n) is 24.0. The average molecular weight is 576 g/mol. The number of anilines is 1. The molecule has 0 spiro atoms. The number of rotatable bonds is 4. The predicted octanol–water partition coefficient (Wildman–Crippen LogP) is 8.07. The van der Waals surface area contributed by atoms with Gasteiger partial charge in [-0.3, -0.25) is 9.69 Å². The molecule has 8 heteroatoms. The summed E-state index contributed by atoms with van der Waals surface area (Å²) in [6.45, 7) is 6.66. The minimum absolute atomic E-state index is 0.126. The highest BCUT2D eigenvalue weighted by Gasteiger charge is 2.19. The van der Waals surface area contributed by atoms with Crippen molar-refractivity contribution in [1.82, 2.24) is 9.47 Å². The fourth-order valence-corrected chi connectivity index (χ4v) is 5.44. The molecule has 0 atom stereocenters. The monoisotopic (exact) mass is 575 g/mol. The molecule has 0 fully saturated rings. The second-order valence-electron chi connectivity index (χ2n) is 10.7. The van der Waals surface area contributed by atoms with Gasteiger partial charge in [0.1, 0.15) is 5.75 Å². The van der Waals surface area contributed by atoms with E-state index < -0.39 is 0 Å². The minimum atomic E-state index is -0.126. The van der Waals surface area contributed by atoms with Crippen LogP contribution in [0.4, 0.5) is 5.69 Å². The summed E-state index contributed by atoms with van der Waals surface area (Å²) in [7, 11) is 1.69. The predicted molar refractivity (Wildman–Crippen MR) is 165 cm³/mol. The number of aromatic nitrogens is 1. The van der Waals surface area contributed by atoms with Gasteiger partial charge in [0.15, 0.2) is 17.2 Å². The Morgan fingerprint density at radius 3 is 2.59 bits per heavy atom. The van der Waals surface area contributed by atoms with Crippen LogP contribution < -0.4 is 19.5 Å². The Balaban J connectivity index is 1.43. The summed E-state index contributed by atoms with van der Waals surface area (Å²) < 4.78 is 20.1. The minimum Gasteiger partial charge on any atom is -0.497 e. The molecule has 1 aliphatic rings. The number of nitrogens with one attached hydrogen (secondary N) is 1. The molecule has 0 aliphatic carbocycles. The molecule has 1 aromatic heterocycles. The lowest BCUT2D eigenvalue weighted by atomic mass is 10.1. The van der Waals surface area contributed by atoms with Gasteiger partial charge in [-0.1, -0.05) is 36.6 Å². The molecule has 0 bridgehead atoms. The van der Waals surface area contributed by atoms with E-state index in [1.54, 1.807) is 25.3 Å². The smallest absolute Gasteiger partial charge is 0.238 e. The van der Waals surface area contributed by atoms with Gasteiger partial charge in [-0.05, 0) is 87.3 Å². The third-order valence-corrected chi connectivity index (χ3v) is 7.59. The molecule has 3 aromatic carbocycles. The molecule has 1 N–H and O–H groups in total. The summed E-state index contributed by atoms with van der Waals surface area (Å²) in [4.78, 5) is 15.7. The summed E-state index contributed by atoms with van der Waals surface area (Å²) in [5.41, 5.74) is 2.85. The van der Waals surface area contributed by atoms with Crippen molar-refractivity contribution in [2.75, 3.05) is 32.1 Å². The van der Waals surface area contributed by atoms with Crippen molar-refractivity contribution in [3.63, 3.8) is 0 Å². The van der Waals surface area contributed by atoms with Crippen molar-refractivity contribution in [3.05, 3.63) is 77.4 Å². The molecule has 0 saturated carbocycles. The van der Waals surface area contributed by atoms with Crippen LogP contribution in [-0.4, -0.2) is 42.2 Å². The highest BCUT2D eigenvalue weighted by molar-refractivity contribution is 6.31. The second kappa shape index (κ2) is 13.3. The number of halogens is 1. The molecule has 5 rings (SSSR count). The van der Waals surface area contributed by atoms with Crippen molar-refractivity contribution in [2.24, 2.45) is 0 Å². The topological polar surface area (TPSA) is 65.0 Å². The quantitative estimate of drug-likeness (QED) is 0.266. The molecular weight excluding hydrogens is 538 g/mol. The first kappa shape index (κ1) is 28.8. The van der Waals surface area contributed by atoms with Gasteiger partial charge in [-0.15, -0.1) is 0 Å². The van der Waals surface area contributed by atoms with E-state index in [1.165, 1.54) is 5.56 Å². The lowest BCUT2D eigenvalue weighted by Gasteiger charge is -2.23. The van der Waals surface area contributed by atoms with Gasteiger partial charge in [0, 0.05) is 34.7 Å². The Labute approximate surface area is 246 Å². The van der Waals surface area contributed by atoms with Crippen LogP contribution in [0.1, 0.15) is 51.1 Å². The molecule has 0 unspecified atom stereocenters. The van der Waals surface area contributed by atoms with E-state index in [0.29, 0.717) is 47.2 Å². The van der Waals surface area contributed by atoms with Gasteiger partial charge in [0.2, 0.25) is 5.91 Å². The van der Waals surface area contributed by atoms with Crippen LogP contribution in [0, 0.1) is 0 Å². The summed E-state index contributed by atoms with van der Waals surface area (Å²) in [6.07, 6.45) is 6.25. The number of hydrogen-bond acceptors (Lipinski definition) is 5. The van der Waals surface area contributed by atoms with E-state index in [-0.39, 0.29) is 12.5 Å². The zero-order chi connectivity index (χ0) is 28.8. The highest BCUT2D eigenvalue weighted by atomic mass is 35.5. The Kier molecular flexibility index (Phi) is 9.37. The van der Waals surface area contributed by atoms with Gasteiger partial charge in [0.25, 0.3) is 0 Å². The largest absolute Gasteiger partial charge is 0.497 e. The Hall–Kier alpha value is -3.68. The highest BCUT2D eigenvalue weighted by Crippen LogP contribution is 2.37. The molecule has 4 aromatic rings. The SMILES string of the molecule is COc1ccc2c(c1)c(CN1CCCCCCOc3ccccc3Oc3ccc(Cl)cc3NC(=O)C1)cn2C(C)C. The Morgan fingerprint density at radius 2 is 1.78 bits per heavy atom. The van der Waals surface area contributed by atoms with Crippen molar-refractivity contribution in [1.29, 1.82) is 0 Å². The summed E-state index contributed by atoms with van der Waals surface area (Å²) in [6, 6.07) is 19.3. The lowest BCUT2D eigenvalue weighted by Crippen LogP contribution is -2.33. The van der Waals surface area contributed by atoms with Crippen molar-refractivity contribution < 1.29 is 19.0 Å². The number of nitrogens with zero attached hydrogens (tertiary/aromatic N) is 2. The third kappa shape index (κ3) is 7.16. The molecule has 1 amide bonds. The number of methoxy groups -OCH3 is 1. The van der Waals surface area contributed by atoms with E-state index in [9.17, 15) is 4.79 Å². The molecule has 1 aliphatic heterocycles. The Bertz CT molecular complexity index is 1500. The van der Waals surface area contributed by atoms with Crippen LogP contribution in [0.25, 0.3) is 10.9 Å². The molecule has 41 heavy (non-hydrogen) atoms. The zero-order valence-corrected chi connectivity index (χ0v) is 24.7. The van der Waals surface area contributed by atoms with Crippen LogP contribution in [0.5, 0.6) is 23.0 Å². The van der Waals surface area contributed by atoms with Crippen LogP contribution in [0.15, 0.2) is 66.9 Å². The standard InChI is InChI=1S/C33H38ClN3O4/c1-23(2)37-21-24(27-19-26(39-3)13-14-29(27)37)20-36-16-8-4-5-9-17-40-31-10-6-7-11-32(31)41-30-15-12-25(34)18-28(30)35-33(38)22-36/h6-7,10-15,18-19,21,23H,4-5,8-9,16-17,20,22H2,1-3H3,(H,35,38). The summed E-state index contributed by atoms with van der Waals surface area (Å²) in [5.74, 6) is 2.47. The molecule has 2 heterocycles. The number of hydrogen-bond donors (Lipinski definition) is 1. The summed E-state index contributed by atoms with van der Waals surface area (Å²) in [5, 5.41) is 4.71. The maximum absolute atomic E-state index is 13.5. The van der Waals surface area contributed by atoms with Crippen LogP contribution in [-0.2, 0) is 11.3 Å². The van der Waals surface area contributed by atoms with E-state index >= 15 is 0 Å². The van der Waals surface area contributed by atoms with Gasteiger partial charge in [-0.2, -0.15) is 0 Å². The van der Waals surface area contributed by atoms with Crippen molar-refractivity contribution in [2.45, 2.75) is 52.1 Å².